The maximum atomic E-state index is 12.0. The van der Waals surface area contributed by atoms with E-state index in [9.17, 15) is 19.2 Å². The Labute approximate surface area is 145 Å². The van der Waals surface area contributed by atoms with Gasteiger partial charge in [-0.1, -0.05) is 18.2 Å². The fraction of sp³-hybridized carbons (Fsp3) is 0.412. The van der Waals surface area contributed by atoms with E-state index >= 15 is 0 Å². The Morgan fingerprint density at radius 1 is 1.00 bits per heavy atom. The molecule has 8 heteroatoms. The monoisotopic (exact) mass is 347 g/mol. The Kier molecular flexibility index (Phi) is 6.50. The Balaban J connectivity index is 1.67. The van der Waals surface area contributed by atoms with Gasteiger partial charge in [-0.3, -0.25) is 19.2 Å². The fourth-order valence-corrected chi connectivity index (χ4v) is 2.40. The second-order valence-corrected chi connectivity index (χ2v) is 5.60. The maximum absolute atomic E-state index is 12.0. The van der Waals surface area contributed by atoms with Crippen LogP contribution in [-0.2, 0) is 19.1 Å². The molecule has 0 atom stereocenters. The summed E-state index contributed by atoms with van der Waals surface area (Å²) in [6.07, 6.45) is 0. The highest BCUT2D eigenvalue weighted by atomic mass is 16.5. The number of hydrogen-bond donors (Lipinski definition) is 1. The summed E-state index contributed by atoms with van der Waals surface area (Å²) in [5, 5.41) is 2.44. The first-order valence-corrected chi connectivity index (χ1v) is 7.99. The first-order chi connectivity index (χ1) is 12.0. The SMILES string of the molecule is CC(=O)N1CCN(C(=O)COC(=O)CNC(=O)c2ccccc2)CC1. The van der Waals surface area contributed by atoms with Crippen LogP contribution in [0.2, 0.25) is 0 Å². The highest BCUT2D eigenvalue weighted by molar-refractivity contribution is 5.96. The van der Waals surface area contributed by atoms with E-state index in [1.165, 1.54) is 6.92 Å². The minimum Gasteiger partial charge on any atom is -0.454 e. The number of carbonyl (C=O) groups is 4. The van der Waals surface area contributed by atoms with E-state index < -0.39 is 5.97 Å². The second kappa shape index (κ2) is 8.81. The van der Waals surface area contributed by atoms with Crippen LogP contribution in [0.4, 0.5) is 0 Å². The van der Waals surface area contributed by atoms with Crippen LogP contribution in [-0.4, -0.2) is 72.8 Å². The van der Waals surface area contributed by atoms with Gasteiger partial charge >= 0.3 is 5.97 Å². The van der Waals surface area contributed by atoms with Crippen LogP contribution in [0.3, 0.4) is 0 Å². The summed E-state index contributed by atoms with van der Waals surface area (Å²) in [6, 6.07) is 8.48. The van der Waals surface area contributed by atoms with Crippen LogP contribution >= 0.6 is 0 Å². The van der Waals surface area contributed by atoms with Gasteiger partial charge in [-0.05, 0) is 12.1 Å². The summed E-state index contributed by atoms with van der Waals surface area (Å²) in [6.45, 7) is 2.59. The molecule has 0 radical (unpaired) electrons. The van der Waals surface area contributed by atoms with Crippen LogP contribution in [0.1, 0.15) is 17.3 Å². The van der Waals surface area contributed by atoms with Crippen molar-refractivity contribution in [2.24, 2.45) is 0 Å². The topological polar surface area (TPSA) is 96.0 Å². The highest BCUT2D eigenvalue weighted by Crippen LogP contribution is 2.03. The molecule has 3 amide bonds. The number of nitrogens with one attached hydrogen (secondary N) is 1. The van der Waals surface area contributed by atoms with E-state index in [2.05, 4.69) is 5.32 Å². The summed E-state index contributed by atoms with van der Waals surface area (Å²) in [7, 11) is 0. The van der Waals surface area contributed by atoms with Gasteiger partial charge in [0.25, 0.3) is 11.8 Å². The summed E-state index contributed by atoms with van der Waals surface area (Å²) >= 11 is 0. The van der Waals surface area contributed by atoms with Gasteiger partial charge in [-0.25, -0.2) is 0 Å². The molecule has 1 aromatic rings. The van der Waals surface area contributed by atoms with Crippen LogP contribution in [0.5, 0.6) is 0 Å². The molecule has 1 fully saturated rings. The molecule has 0 saturated carbocycles. The molecule has 8 nitrogen and oxygen atoms in total. The average Bonchev–Trinajstić information content (AvgIpc) is 2.64. The number of hydrogen-bond acceptors (Lipinski definition) is 5. The van der Waals surface area contributed by atoms with Crippen molar-refractivity contribution in [3.63, 3.8) is 0 Å². The molecule has 0 aliphatic carbocycles. The zero-order chi connectivity index (χ0) is 18.2. The molecule has 0 unspecified atom stereocenters. The number of rotatable bonds is 5. The molecule has 134 valence electrons. The highest BCUT2D eigenvalue weighted by Gasteiger charge is 2.23. The molecule has 0 bridgehead atoms. The average molecular weight is 347 g/mol. The smallest absolute Gasteiger partial charge is 0.325 e. The molecule has 0 spiro atoms. The van der Waals surface area contributed by atoms with Gasteiger partial charge in [0.1, 0.15) is 6.54 Å². The fourth-order valence-electron chi connectivity index (χ4n) is 2.40. The van der Waals surface area contributed by atoms with E-state index in [-0.39, 0.29) is 30.9 Å². The van der Waals surface area contributed by atoms with E-state index in [1.54, 1.807) is 40.1 Å². The van der Waals surface area contributed by atoms with Gasteiger partial charge in [-0.2, -0.15) is 0 Å². The predicted molar refractivity (Wildman–Crippen MR) is 88.6 cm³/mol. The number of ether oxygens (including phenoxy) is 1. The van der Waals surface area contributed by atoms with Gasteiger partial charge in [0.05, 0.1) is 0 Å². The van der Waals surface area contributed by atoms with Crippen LogP contribution < -0.4 is 5.32 Å². The molecule has 1 heterocycles. The van der Waals surface area contributed by atoms with Gasteiger partial charge in [0.15, 0.2) is 6.61 Å². The third-order valence-electron chi connectivity index (χ3n) is 3.86. The number of amides is 3. The molecule has 1 aliphatic heterocycles. The lowest BCUT2D eigenvalue weighted by atomic mass is 10.2. The lowest BCUT2D eigenvalue weighted by Gasteiger charge is -2.34. The minimum absolute atomic E-state index is 0.0207. The molecule has 1 N–H and O–H groups in total. The predicted octanol–water partition coefficient (Wildman–Crippen LogP) is -0.350. The van der Waals surface area contributed by atoms with Crippen molar-refractivity contribution in [3.8, 4) is 0 Å². The van der Waals surface area contributed by atoms with Crippen molar-refractivity contribution in [2.75, 3.05) is 39.3 Å². The number of nitrogens with zero attached hydrogens (tertiary/aromatic N) is 2. The minimum atomic E-state index is -0.681. The summed E-state index contributed by atoms with van der Waals surface area (Å²) < 4.78 is 4.89. The zero-order valence-corrected chi connectivity index (χ0v) is 14.1. The molecular formula is C17H21N3O5. The van der Waals surface area contributed by atoms with Crippen LogP contribution in [0.15, 0.2) is 30.3 Å². The van der Waals surface area contributed by atoms with Crippen LogP contribution in [0.25, 0.3) is 0 Å². The van der Waals surface area contributed by atoms with Crippen molar-refractivity contribution in [1.82, 2.24) is 15.1 Å². The Morgan fingerprint density at radius 2 is 1.60 bits per heavy atom. The Morgan fingerprint density at radius 3 is 2.20 bits per heavy atom. The van der Waals surface area contributed by atoms with E-state index in [0.717, 1.165) is 0 Å². The third kappa shape index (κ3) is 5.59. The maximum Gasteiger partial charge on any atom is 0.325 e. The number of benzene rings is 1. The van der Waals surface area contributed by atoms with E-state index in [0.29, 0.717) is 31.7 Å². The lowest BCUT2D eigenvalue weighted by molar-refractivity contribution is -0.152. The molecule has 25 heavy (non-hydrogen) atoms. The second-order valence-electron chi connectivity index (χ2n) is 5.60. The van der Waals surface area contributed by atoms with Gasteiger partial charge in [0, 0.05) is 38.7 Å². The Hall–Kier alpha value is -2.90. The van der Waals surface area contributed by atoms with Gasteiger partial charge in [0.2, 0.25) is 5.91 Å². The lowest BCUT2D eigenvalue weighted by Crippen LogP contribution is -2.51. The Bertz CT molecular complexity index is 639. The normalized spacial score (nSPS) is 14.0. The third-order valence-corrected chi connectivity index (χ3v) is 3.86. The van der Waals surface area contributed by atoms with Gasteiger partial charge in [-0.15, -0.1) is 0 Å². The molecule has 1 aromatic carbocycles. The van der Waals surface area contributed by atoms with Crippen molar-refractivity contribution in [2.45, 2.75) is 6.92 Å². The van der Waals surface area contributed by atoms with Crippen molar-refractivity contribution in [1.29, 1.82) is 0 Å². The molecule has 1 aliphatic rings. The van der Waals surface area contributed by atoms with E-state index in [4.69, 9.17) is 4.74 Å². The van der Waals surface area contributed by atoms with Crippen molar-refractivity contribution < 1.29 is 23.9 Å². The van der Waals surface area contributed by atoms with E-state index in [1.807, 2.05) is 0 Å². The molecular weight excluding hydrogens is 326 g/mol. The number of carbonyl (C=O) groups excluding carboxylic acids is 4. The quantitative estimate of drug-likeness (QED) is 0.735. The standard InChI is InChI=1S/C17H21N3O5/c1-13(21)19-7-9-20(10-8-19)15(22)12-25-16(23)11-18-17(24)14-5-3-2-4-6-14/h2-6H,7-12H2,1H3,(H,18,24). The van der Waals surface area contributed by atoms with Crippen LogP contribution in [0, 0.1) is 0 Å². The number of esters is 1. The summed E-state index contributed by atoms with van der Waals surface area (Å²) in [5.41, 5.74) is 0.440. The molecule has 1 saturated heterocycles. The van der Waals surface area contributed by atoms with Crippen molar-refractivity contribution >= 4 is 23.7 Å². The van der Waals surface area contributed by atoms with Crippen molar-refractivity contribution in [3.05, 3.63) is 35.9 Å². The summed E-state index contributed by atoms with van der Waals surface area (Å²) in [4.78, 5) is 49.9. The zero-order valence-electron chi connectivity index (χ0n) is 14.1. The van der Waals surface area contributed by atoms with Gasteiger partial charge < -0.3 is 19.9 Å². The first kappa shape index (κ1) is 18.4. The molecule has 0 aromatic heterocycles. The summed E-state index contributed by atoms with van der Waals surface area (Å²) in [5.74, 6) is -1.40. The number of piperazine rings is 1. The molecule has 2 rings (SSSR count). The largest absolute Gasteiger partial charge is 0.454 e. The first-order valence-electron chi connectivity index (χ1n) is 7.99.